The van der Waals surface area contributed by atoms with Gasteiger partial charge >= 0.3 is 0 Å². The number of aliphatic hydroxyl groups excluding tert-OH is 1. The highest BCUT2D eigenvalue weighted by Crippen LogP contribution is 2.57. The molecule has 0 spiro atoms. The predicted molar refractivity (Wildman–Crippen MR) is 49.0 cm³/mol. The SMILES string of the molecule is CC(C)N1CCC2(CO)CC2C1. The largest absolute Gasteiger partial charge is 0.396 e. The summed E-state index contributed by atoms with van der Waals surface area (Å²) in [4.78, 5) is 2.53. The lowest BCUT2D eigenvalue weighted by molar-refractivity contribution is 0.102. The highest BCUT2D eigenvalue weighted by Gasteiger charge is 2.55. The number of nitrogens with zero attached hydrogens (tertiary/aromatic N) is 1. The molecule has 2 aliphatic rings. The van der Waals surface area contributed by atoms with E-state index in [0.29, 0.717) is 18.1 Å². The molecule has 0 aromatic carbocycles. The van der Waals surface area contributed by atoms with E-state index in [9.17, 15) is 5.11 Å². The fraction of sp³-hybridized carbons (Fsp3) is 1.00. The fourth-order valence-electron chi connectivity index (χ4n) is 2.48. The summed E-state index contributed by atoms with van der Waals surface area (Å²) in [5.74, 6) is 0.804. The summed E-state index contributed by atoms with van der Waals surface area (Å²) >= 11 is 0. The van der Waals surface area contributed by atoms with Gasteiger partial charge in [-0.25, -0.2) is 0 Å². The van der Waals surface area contributed by atoms with Crippen LogP contribution in [-0.4, -0.2) is 35.7 Å². The summed E-state index contributed by atoms with van der Waals surface area (Å²) < 4.78 is 0. The van der Waals surface area contributed by atoms with Crippen LogP contribution in [0.25, 0.3) is 0 Å². The Bertz CT molecular complexity index is 181. The van der Waals surface area contributed by atoms with Gasteiger partial charge in [0.2, 0.25) is 0 Å². The number of hydrogen-bond acceptors (Lipinski definition) is 2. The van der Waals surface area contributed by atoms with Gasteiger partial charge in [0, 0.05) is 19.2 Å². The van der Waals surface area contributed by atoms with Gasteiger partial charge in [-0.15, -0.1) is 0 Å². The van der Waals surface area contributed by atoms with Crippen LogP contribution in [0.2, 0.25) is 0 Å². The zero-order chi connectivity index (χ0) is 8.77. The highest BCUT2D eigenvalue weighted by molar-refractivity contribution is 5.06. The molecule has 70 valence electrons. The number of rotatable bonds is 2. The van der Waals surface area contributed by atoms with Crippen molar-refractivity contribution in [2.24, 2.45) is 11.3 Å². The van der Waals surface area contributed by atoms with Gasteiger partial charge in [-0.2, -0.15) is 0 Å². The Balaban J connectivity index is 1.92. The molecule has 1 N–H and O–H groups in total. The van der Waals surface area contributed by atoms with Crippen molar-refractivity contribution in [2.75, 3.05) is 19.7 Å². The second-order valence-electron chi connectivity index (χ2n) is 4.76. The van der Waals surface area contributed by atoms with Gasteiger partial charge in [0.05, 0.1) is 0 Å². The lowest BCUT2D eigenvalue weighted by Crippen LogP contribution is -2.40. The normalized spacial score (nSPS) is 41.5. The zero-order valence-corrected chi connectivity index (χ0v) is 8.08. The van der Waals surface area contributed by atoms with Crippen molar-refractivity contribution in [3.8, 4) is 0 Å². The van der Waals surface area contributed by atoms with Gasteiger partial charge in [0.15, 0.2) is 0 Å². The van der Waals surface area contributed by atoms with Crippen molar-refractivity contribution in [1.29, 1.82) is 0 Å². The van der Waals surface area contributed by atoms with Gasteiger partial charge in [0.25, 0.3) is 0 Å². The second-order valence-corrected chi connectivity index (χ2v) is 4.76. The highest BCUT2D eigenvalue weighted by atomic mass is 16.3. The average molecular weight is 169 g/mol. The molecule has 2 nitrogen and oxygen atoms in total. The summed E-state index contributed by atoms with van der Waals surface area (Å²) in [6, 6.07) is 0.683. The van der Waals surface area contributed by atoms with Crippen LogP contribution in [0.3, 0.4) is 0 Å². The lowest BCUT2D eigenvalue weighted by Gasteiger charge is -2.33. The number of hydrogen-bond donors (Lipinski definition) is 1. The molecule has 12 heavy (non-hydrogen) atoms. The first-order valence-electron chi connectivity index (χ1n) is 5.03. The molecule has 2 unspecified atom stereocenters. The first kappa shape index (κ1) is 8.52. The van der Waals surface area contributed by atoms with Crippen molar-refractivity contribution < 1.29 is 5.11 Å². The van der Waals surface area contributed by atoms with E-state index >= 15 is 0 Å². The quantitative estimate of drug-likeness (QED) is 0.669. The first-order valence-corrected chi connectivity index (χ1v) is 5.03. The minimum Gasteiger partial charge on any atom is -0.396 e. The Labute approximate surface area is 74.6 Å². The molecule has 2 fully saturated rings. The molecule has 0 amide bonds. The molecule has 0 aromatic heterocycles. The standard InChI is InChI=1S/C10H19NO/c1-8(2)11-4-3-10(7-12)5-9(10)6-11/h8-9,12H,3-7H2,1-2H3. The molecule has 1 aliphatic heterocycles. The summed E-state index contributed by atoms with van der Waals surface area (Å²) in [6.07, 6.45) is 2.49. The Morgan fingerprint density at radius 3 is 2.83 bits per heavy atom. The Kier molecular flexibility index (Phi) is 1.92. The molecule has 1 saturated carbocycles. The molecular weight excluding hydrogens is 150 g/mol. The van der Waals surface area contributed by atoms with Crippen LogP contribution < -0.4 is 0 Å². The van der Waals surface area contributed by atoms with Gasteiger partial charge in [-0.05, 0) is 44.6 Å². The number of fused-ring (bicyclic) bond motifs is 1. The van der Waals surface area contributed by atoms with Crippen molar-refractivity contribution in [3.63, 3.8) is 0 Å². The van der Waals surface area contributed by atoms with E-state index in [-0.39, 0.29) is 0 Å². The van der Waals surface area contributed by atoms with Crippen molar-refractivity contribution in [3.05, 3.63) is 0 Å². The first-order chi connectivity index (χ1) is 5.68. The zero-order valence-electron chi connectivity index (χ0n) is 8.08. The maximum atomic E-state index is 9.20. The number of likely N-dealkylation sites (tertiary alicyclic amines) is 1. The third-order valence-corrected chi connectivity index (χ3v) is 3.76. The Hall–Kier alpha value is -0.0800. The van der Waals surface area contributed by atoms with Crippen molar-refractivity contribution in [1.82, 2.24) is 4.90 Å². The van der Waals surface area contributed by atoms with Gasteiger partial charge in [0.1, 0.15) is 0 Å². The van der Waals surface area contributed by atoms with Crippen molar-refractivity contribution >= 4 is 0 Å². The molecule has 1 saturated heterocycles. The van der Waals surface area contributed by atoms with Crippen LogP contribution in [0.15, 0.2) is 0 Å². The summed E-state index contributed by atoms with van der Waals surface area (Å²) in [7, 11) is 0. The third kappa shape index (κ3) is 1.17. The summed E-state index contributed by atoms with van der Waals surface area (Å²) in [6.45, 7) is 7.35. The Morgan fingerprint density at radius 1 is 1.58 bits per heavy atom. The maximum absolute atomic E-state index is 9.20. The molecule has 0 radical (unpaired) electrons. The molecule has 2 heteroatoms. The average Bonchev–Trinajstić information content (AvgIpc) is 2.77. The monoisotopic (exact) mass is 169 g/mol. The summed E-state index contributed by atoms with van der Waals surface area (Å²) in [5, 5.41) is 9.20. The molecule has 0 bridgehead atoms. The molecule has 0 aromatic rings. The van der Waals surface area contributed by atoms with E-state index in [2.05, 4.69) is 18.7 Å². The van der Waals surface area contributed by atoms with E-state index in [1.165, 1.54) is 25.9 Å². The molecule has 1 heterocycles. The summed E-state index contributed by atoms with van der Waals surface area (Å²) in [5.41, 5.74) is 0.366. The van der Waals surface area contributed by atoms with Crippen LogP contribution in [0, 0.1) is 11.3 Å². The smallest absolute Gasteiger partial charge is 0.0491 e. The van der Waals surface area contributed by atoms with Crippen LogP contribution in [-0.2, 0) is 0 Å². The van der Waals surface area contributed by atoms with E-state index in [0.717, 1.165) is 5.92 Å². The number of aliphatic hydroxyl groups is 1. The van der Waals surface area contributed by atoms with Crippen molar-refractivity contribution in [2.45, 2.75) is 32.7 Å². The van der Waals surface area contributed by atoms with E-state index in [1.54, 1.807) is 0 Å². The van der Waals surface area contributed by atoms with E-state index in [4.69, 9.17) is 0 Å². The van der Waals surface area contributed by atoms with E-state index in [1.807, 2.05) is 0 Å². The third-order valence-electron chi connectivity index (χ3n) is 3.76. The second kappa shape index (κ2) is 2.71. The van der Waals surface area contributed by atoms with Crippen LogP contribution in [0.4, 0.5) is 0 Å². The van der Waals surface area contributed by atoms with Gasteiger partial charge in [-0.1, -0.05) is 0 Å². The molecular formula is C10H19NO. The number of piperidine rings is 1. The Morgan fingerprint density at radius 2 is 2.33 bits per heavy atom. The molecule has 2 rings (SSSR count). The predicted octanol–water partition coefficient (Wildman–Crippen LogP) is 1.10. The topological polar surface area (TPSA) is 23.5 Å². The van der Waals surface area contributed by atoms with Crippen LogP contribution in [0.1, 0.15) is 26.7 Å². The lowest BCUT2D eigenvalue weighted by atomic mass is 9.95. The van der Waals surface area contributed by atoms with Crippen LogP contribution in [0.5, 0.6) is 0 Å². The molecule has 1 aliphatic carbocycles. The van der Waals surface area contributed by atoms with E-state index < -0.39 is 0 Å². The minimum atomic E-state index is 0.366. The maximum Gasteiger partial charge on any atom is 0.0491 e. The van der Waals surface area contributed by atoms with Gasteiger partial charge in [-0.3, -0.25) is 0 Å². The van der Waals surface area contributed by atoms with Crippen LogP contribution >= 0.6 is 0 Å². The van der Waals surface area contributed by atoms with Gasteiger partial charge < -0.3 is 10.0 Å². The fourth-order valence-corrected chi connectivity index (χ4v) is 2.48. The minimum absolute atomic E-state index is 0.366. The molecule has 2 atom stereocenters.